The van der Waals surface area contributed by atoms with Crippen LogP contribution in [-0.4, -0.2) is 94.6 Å². The molecule has 0 bridgehead atoms. The van der Waals surface area contributed by atoms with Crippen molar-refractivity contribution < 1.29 is 67.0 Å². The van der Waals surface area contributed by atoms with Gasteiger partial charge in [-0.2, -0.15) is 9.29 Å². The molecule has 0 radical (unpaired) electrons. The molecule has 0 aromatic carbocycles. The average molecular weight is 746 g/mol. The minimum Gasteiger partial charge on any atom is -0.393 e. The summed E-state index contributed by atoms with van der Waals surface area (Å²) in [5, 5.41) is 44.0. The van der Waals surface area contributed by atoms with E-state index >= 15 is 0 Å². The van der Waals surface area contributed by atoms with Crippen molar-refractivity contribution in [1.29, 1.82) is 0 Å². The first-order valence-electron chi connectivity index (χ1n) is 16.1. The molecule has 13 atom stereocenters. The zero-order valence-corrected chi connectivity index (χ0v) is 29.0. The second kappa shape index (κ2) is 12.9. The molecule has 2 heterocycles. The molecule has 18 nitrogen and oxygen atoms in total. The van der Waals surface area contributed by atoms with E-state index in [2.05, 4.69) is 9.29 Å². The molecular weight excluding hydrogens is 704 g/mol. The number of anilines is 1. The average Bonchev–Trinajstić information content (AvgIpc) is 3.46. The van der Waals surface area contributed by atoms with Crippen LogP contribution < -0.4 is 11.4 Å². The number of hydrogen-bond acceptors (Lipinski definition) is 15. The number of rotatable bonds is 10. The number of hydrogen-bond donors (Lipinski definition) is 7. The van der Waals surface area contributed by atoms with E-state index in [1.54, 1.807) is 13.0 Å². The van der Waals surface area contributed by atoms with Gasteiger partial charge in [-0.15, -0.1) is 0 Å². The lowest BCUT2D eigenvalue weighted by Crippen LogP contribution is -2.61. The molecular formula is C30H41N3O15P2. The number of aliphatic hydroxyl groups excluding tert-OH is 3. The van der Waals surface area contributed by atoms with Crippen molar-refractivity contribution in [1.82, 2.24) is 9.55 Å². The predicted octanol–water partition coefficient (Wildman–Crippen LogP) is 0.274. The predicted molar refractivity (Wildman–Crippen MR) is 169 cm³/mol. The molecule has 1 aliphatic heterocycles. The number of aliphatic hydroxyl groups is 4. The summed E-state index contributed by atoms with van der Waals surface area (Å²) in [6.07, 6.45) is 0.366. The van der Waals surface area contributed by atoms with Crippen LogP contribution in [0.15, 0.2) is 40.9 Å². The highest BCUT2D eigenvalue weighted by Gasteiger charge is 2.68. The van der Waals surface area contributed by atoms with Gasteiger partial charge in [-0.1, -0.05) is 25.5 Å². The molecule has 1 aromatic heterocycles. The fourth-order valence-corrected chi connectivity index (χ4v) is 11.1. The van der Waals surface area contributed by atoms with Crippen LogP contribution >= 0.6 is 15.6 Å². The third-order valence-corrected chi connectivity index (χ3v) is 14.1. The zero-order valence-electron chi connectivity index (χ0n) is 27.2. The van der Waals surface area contributed by atoms with Crippen molar-refractivity contribution in [2.75, 3.05) is 18.9 Å². The van der Waals surface area contributed by atoms with Crippen molar-refractivity contribution in [3.8, 4) is 0 Å². The maximum absolute atomic E-state index is 13.5. The largest absolute Gasteiger partial charge is 0.481 e. The monoisotopic (exact) mass is 745 g/mol. The second-order valence-corrected chi connectivity index (χ2v) is 17.3. The number of ether oxygens (including phenoxy) is 1. The van der Waals surface area contributed by atoms with E-state index in [0.717, 1.165) is 16.3 Å². The van der Waals surface area contributed by atoms with Gasteiger partial charge in [-0.05, 0) is 62.2 Å². The van der Waals surface area contributed by atoms with Gasteiger partial charge in [0.05, 0.1) is 12.7 Å². The van der Waals surface area contributed by atoms with E-state index in [1.165, 1.54) is 12.1 Å². The number of fused-ring (bicyclic) bond motifs is 5. The Hall–Kier alpha value is -2.44. The van der Waals surface area contributed by atoms with Crippen molar-refractivity contribution in [2.24, 2.45) is 28.6 Å². The topological polar surface area (TPSA) is 287 Å². The number of ketones is 2. The summed E-state index contributed by atoms with van der Waals surface area (Å²) in [5.74, 6) is -1.77. The van der Waals surface area contributed by atoms with E-state index < -0.39 is 87.4 Å². The summed E-state index contributed by atoms with van der Waals surface area (Å²) in [5.41, 5.74) is 1.68. The van der Waals surface area contributed by atoms with Gasteiger partial charge in [-0.25, -0.2) is 13.9 Å². The van der Waals surface area contributed by atoms with E-state index in [1.807, 2.05) is 13.0 Å². The number of nitrogens with zero attached hydrogens (tertiary/aromatic N) is 2. The SMILES string of the molecule is C[C@]12C=CC(=O)C=C1CCC1C2C(O)C[C@@]2(C)C1CC[C@]2(O)C(=O)COP(=O)(O)OP(=O)(O)OC[C@H]1O[C@@H](n2ccc(N)nc2=O)[C@@H](O)[C@@H]1O. The number of phosphoric ester groups is 2. The van der Waals surface area contributed by atoms with Gasteiger partial charge in [0.2, 0.25) is 0 Å². The summed E-state index contributed by atoms with van der Waals surface area (Å²) in [6.45, 7) is 1.53. The molecule has 1 aromatic rings. The van der Waals surface area contributed by atoms with Crippen LogP contribution in [0.3, 0.4) is 0 Å². The standard InChI is InChI=1S/C30H41N3O15P2/c1-28-8-5-16(34)11-15(28)3-4-17-18-6-9-30(40,29(18,2)12-19(35)23(17)28)21(36)14-46-50(43,44)48-49(41,42)45-13-20-24(37)25(38)26(47-20)33-10-7-22(31)32-27(33)39/h5,7-8,10-11,17-20,23-26,35,37-38,40H,3-4,6,9,12-14H2,1-2H3,(H,41,42)(H,43,44)(H2,31,32,39)/t17?,18?,19?,20-,23?,24-,25+,26-,28+,29+,30+/m1/s1. The summed E-state index contributed by atoms with van der Waals surface area (Å²) in [7, 11) is -11.0. The molecule has 1 saturated heterocycles. The number of carbonyl (C=O) groups is 2. The summed E-state index contributed by atoms with van der Waals surface area (Å²) in [4.78, 5) is 61.5. The number of aromatic nitrogens is 2. The Bertz CT molecular complexity index is 1780. The van der Waals surface area contributed by atoms with Crippen LogP contribution in [0.1, 0.15) is 52.2 Å². The maximum atomic E-state index is 13.5. The molecule has 0 amide bonds. The van der Waals surface area contributed by atoms with E-state index in [4.69, 9.17) is 19.5 Å². The van der Waals surface area contributed by atoms with Crippen molar-refractivity contribution >= 4 is 33.0 Å². The minimum absolute atomic E-state index is 0.0205. The van der Waals surface area contributed by atoms with Crippen molar-refractivity contribution in [3.05, 3.63) is 46.5 Å². The Morgan fingerprint density at radius 3 is 2.52 bits per heavy atom. The van der Waals surface area contributed by atoms with Gasteiger partial charge in [0, 0.05) is 22.9 Å². The molecule has 4 fully saturated rings. The lowest BCUT2D eigenvalue weighted by molar-refractivity contribution is -0.178. The minimum atomic E-state index is -5.50. The van der Waals surface area contributed by atoms with E-state index in [-0.39, 0.29) is 42.2 Å². The fourth-order valence-electron chi connectivity index (χ4n) is 9.11. The summed E-state index contributed by atoms with van der Waals surface area (Å²) >= 11 is 0. The van der Waals surface area contributed by atoms with Gasteiger partial charge < -0.3 is 40.7 Å². The molecule has 50 heavy (non-hydrogen) atoms. The summed E-state index contributed by atoms with van der Waals surface area (Å²) in [6, 6.07) is 1.23. The van der Waals surface area contributed by atoms with Crippen LogP contribution in [0.5, 0.6) is 0 Å². The van der Waals surface area contributed by atoms with Crippen molar-refractivity contribution in [3.63, 3.8) is 0 Å². The highest BCUT2D eigenvalue weighted by Crippen LogP contribution is 2.67. The van der Waals surface area contributed by atoms with E-state index in [0.29, 0.717) is 19.3 Å². The normalized spacial score (nSPS) is 41.8. The lowest BCUT2D eigenvalue weighted by atomic mass is 9.46. The molecule has 6 rings (SSSR count). The zero-order chi connectivity index (χ0) is 36.6. The first-order valence-corrected chi connectivity index (χ1v) is 19.1. The lowest BCUT2D eigenvalue weighted by Gasteiger charge is -2.59. The molecule has 8 N–H and O–H groups in total. The van der Waals surface area contributed by atoms with Gasteiger partial charge >= 0.3 is 21.3 Å². The van der Waals surface area contributed by atoms with Gasteiger partial charge in [-0.3, -0.25) is 23.2 Å². The van der Waals surface area contributed by atoms with Gasteiger partial charge in [0.1, 0.15) is 36.3 Å². The Kier molecular flexibility index (Phi) is 9.63. The smallest absolute Gasteiger partial charge is 0.393 e. The Morgan fingerprint density at radius 2 is 1.82 bits per heavy atom. The van der Waals surface area contributed by atoms with Crippen LogP contribution in [0, 0.1) is 28.6 Å². The molecule has 20 heteroatoms. The van der Waals surface area contributed by atoms with Gasteiger partial charge in [0.25, 0.3) is 0 Å². The van der Waals surface area contributed by atoms with Gasteiger partial charge in [0.15, 0.2) is 17.8 Å². The molecule has 0 spiro atoms. The number of carbonyl (C=O) groups excluding carboxylic acids is 2. The Morgan fingerprint density at radius 1 is 1.12 bits per heavy atom. The molecule has 3 saturated carbocycles. The van der Waals surface area contributed by atoms with Crippen LogP contribution in [0.25, 0.3) is 0 Å². The summed E-state index contributed by atoms with van der Waals surface area (Å²) < 4.78 is 45.2. The van der Waals surface area contributed by atoms with Crippen LogP contribution in [-0.2, 0) is 36.8 Å². The number of nitrogen functional groups attached to an aromatic ring is 1. The Labute approximate surface area is 285 Å². The fraction of sp³-hybridized carbons (Fsp3) is 0.667. The highest BCUT2D eigenvalue weighted by molar-refractivity contribution is 7.61. The number of allylic oxidation sites excluding steroid dienone is 4. The third kappa shape index (κ3) is 6.33. The number of nitrogens with two attached hydrogens (primary N) is 1. The molecule has 5 aliphatic rings. The molecule has 6 unspecified atom stereocenters. The number of phosphoric acid groups is 2. The first kappa shape index (κ1) is 37.3. The Balaban J connectivity index is 1.07. The van der Waals surface area contributed by atoms with Crippen molar-refractivity contribution in [2.45, 2.75) is 82.2 Å². The van der Waals surface area contributed by atoms with Crippen LogP contribution in [0.4, 0.5) is 5.82 Å². The van der Waals surface area contributed by atoms with Crippen LogP contribution in [0.2, 0.25) is 0 Å². The first-order chi connectivity index (χ1) is 23.2. The maximum Gasteiger partial charge on any atom is 0.481 e. The molecule has 276 valence electrons. The van der Waals surface area contributed by atoms with E-state index in [9.17, 15) is 53.7 Å². The third-order valence-electron chi connectivity index (χ3n) is 11.5. The second-order valence-electron chi connectivity index (χ2n) is 14.2. The molecule has 4 aliphatic carbocycles. The highest BCUT2D eigenvalue weighted by atomic mass is 31.3. The number of Topliss-reactive ketones (excluding diaryl/α,β-unsaturated/α-hetero) is 1. The quantitative estimate of drug-likeness (QED) is 0.158.